The van der Waals surface area contributed by atoms with Gasteiger partial charge in [0.25, 0.3) is 0 Å². The van der Waals surface area contributed by atoms with Gasteiger partial charge in [-0.1, -0.05) is 6.92 Å². The molecule has 2 nitrogen and oxygen atoms in total. The fourth-order valence-corrected chi connectivity index (χ4v) is 1.08. The topological polar surface area (TPSA) is 25.8 Å². The van der Waals surface area contributed by atoms with Gasteiger partial charge in [0.05, 0.1) is 0 Å². The Labute approximate surface area is 78.0 Å². The Bertz CT molecular complexity index is 250. The lowest BCUT2D eigenvalue weighted by atomic mass is 10.2. The molecule has 0 spiro atoms. The summed E-state index contributed by atoms with van der Waals surface area (Å²) in [6.45, 7) is 4.02. The monoisotopic (exact) mass is 184 g/mol. The van der Waals surface area contributed by atoms with Gasteiger partial charge in [0, 0.05) is 23.7 Å². The summed E-state index contributed by atoms with van der Waals surface area (Å²) in [6, 6.07) is 1.89. The van der Waals surface area contributed by atoms with Crippen LogP contribution in [0.3, 0.4) is 0 Å². The number of hydrogen-bond acceptors (Lipinski definition) is 2. The fourth-order valence-electron chi connectivity index (χ4n) is 0.942. The van der Waals surface area contributed by atoms with Crippen molar-refractivity contribution in [2.45, 2.75) is 32.1 Å². The van der Waals surface area contributed by atoms with E-state index in [4.69, 9.17) is 11.6 Å². The van der Waals surface area contributed by atoms with Crippen molar-refractivity contribution < 1.29 is 0 Å². The average Bonchev–Trinajstić information content (AvgIpc) is 2.04. The van der Waals surface area contributed by atoms with Gasteiger partial charge in [-0.3, -0.25) is 0 Å². The van der Waals surface area contributed by atoms with E-state index in [-0.39, 0.29) is 5.38 Å². The molecule has 0 aliphatic heterocycles. The molecule has 0 radical (unpaired) electrons. The Hall–Kier alpha value is -0.630. The standard InChI is InChI=1S/C9H13ClN2/c1-3-8(10)6-9-11-5-4-7(2)12-9/h4-5,8H,3,6H2,1-2H3. The van der Waals surface area contributed by atoms with E-state index in [1.165, 1.54) is 0 Å². The highest BCUT2D eigenvalue weighted by molar-refractivity contribution is 6.20. The minimum absolute atomic E-state index is 0.159. The van der Waals surface area contributed by atoms with Gasteiger partial charge in [-0.15, -0.1) is 11.6 Å². The number of nitrogens with zero attached hydrogens (tertiary/aromatic N) is 2. The van der Waals surface area contributed by atoms with E-state index in [9.17, 15) is 0 Å². The van der Waals surface area contributed by atoms with Crippen molar-refractivity contribution >= 4 is 11.6 Å². The molecule has 0 aromatic carbocycles. The minimum Gasteiger partial charge on any atom is -0.241 e. The van der Waals surface area contributed by atoms with E-state index in [2.05, 4.69) is 16.9 Å². The van der Waals surface area contributed by atoms with E-state index in [0.717, 1.165) is 24.4 Å². The first-order valence-electron chi connectivity index (χ1n) is 4.15. The molecule has 1 aromatic rings. The van der Waals surface area contributed by atoms with E-state index < -0.39 is 0 Å². The maximum absolute atomic E-state index is 5.97. The van der Waals surface area contributed by atoms with Crippen molar-refractivity contribution in [1.82, 2.24) is 9.97 Å². The summed E-state index contributed by atoms with van der Waals surface area (Å²) >= 11 is 5.97. The van der Waals surface area contributed by atoms with E-state index >= 15 is 0 Å². The number of aryl methyl sites for hydroxylation is 1. The maximum atomic E-state index is 5.97. The molecule has 0 amide bonds. The summed E-state index contributed by atoms with van der Waals surface area (Å²) in [5, 5.41) is 0.159. The molecule has 1 aromatic heterocycles. The highest BCUT2D eigenvalue weighted by Crippen LogP contribution is 2.07. The largest absolute Gasteiger partial charge is 0.241 e. The fraction of sp³-hybridized carbons (Fsp3) is 0.556. The Morgan fingerprint density at radius 2 is 2.33 bits per heavy atom. The lowest BCUT2D eigenvalue weighted by molar-refractivity contribution is 0.757. The molecular weight excluding hydrogens is 172 g/mol. The van der Waals surface area contributed by atoms with Gasteiger partial charge in [0.1, 0.15) is 5.82 Å². The molecule has 1 unspecified atom stereocenters. The molecule has 0 N–H and O–H groups in total. The molecule has 0 bridgehead atoms. The van der Waals surface area contributed by atoms with Gasteiger partial charge in [0.2, 0.25) is 0 Å². The Morgan fingerprint density at radius 3 is 2.92 bits per heavy atom. The van der Waals surface area contributed by atoms with Crippen LogP contribution in [0.25, 0.3) is 0 Å². The number of alkyl halides is 1. The summed E-state index contributed by atoms with van der Waals surface area (Å²) in [6.07, 6.45) is 3.50. The predicted molar refractivity (Wildman–Crippen MR) is 50.4 cm³/mol. The summed E-state index contributed by atoms with van der Waals surface area (Å²) < 4.78 is 0. The number of halogens is 1. The van der Waals surface area contributed by atoms with Crippen LogP contribution in [0.5, 0.6) is 0 Å². The van der Waals surface area contributed by atoms with Crippen LogP contribution in [-0.2, 0) is 6.42 Å². The van der Waals surface area contributed by atoms with Crippen molar-refractivity contribution in [3.63, 3.8) is 0 Å². The molecule has 1 rings (SSSR count). The molecule has 0 aliphatic rings. The molecule has 0 saturated heterocycles. The zero-order valence-corrected chi connectivity index (χ0v) is 8.17. The van der Waals surface area contributed by atoms with Crippen molar-refractivity contribution in [2.24, 2.45) is 0 Å². The minimum atomic E-state index is 0.159. The van der Waals surface area contributed by atoms with Crippen LogP contribution in [0.2, 0.25) is 0 Å². The summed E-state index contributed by atoms with van der Waals surface area (Å²) in [4.78, 5) is 8.40. The van der Waals surface area contributed by atoms with Crippen LogP contribution in [0.15, 0.2) is 12.3 Å². The lowest BCUT2D eigenvalue weighted by Crippen LogP contribution is -2.05. The van der Waals surface area contributed by atoms with Crippen molar-refractivity contribution in [1.29, 1.82) is 0 Å². The number of aromatic nitrogens is 2. The summed E-state index contributed by atoms with van der Waals surface area (Å²) in [5.74, 6) is 0.844. The van der Waals surface area contributed by atoms with E-state index in [1.54, 1.807) is 6.20 Å². The van der Waals surface area contributed by atoms with Crippen molar-refractivity contribution in [3.8, 4) is 0 Å². The Kier molecular flexibility index (Phi) is 3.48. The van der Waals surface area contributed by atoms with E-state index in [1.807, 2.05) is 13.0 Å². The van der Waals surface area contributed by atoms with Crippen LogP contribution in [0, 0.1) is 6.92 Å². The maximum Gasteiger partial charge on any atom is 0.129 e. The normalized spacial score (nSPS) is 12.9. The van der Waals surface area contributed by atoms with Gasteiger partial charge >= 0.3 is 0 Å². The SMILES string of the molecule is CCC(Cl)Cc1nccc(C)n1. The molecule has 1 heterocycles. The first kappa shape index (κ1) is 9.46. The molecule has 0 fully saturated rings. The Morgan fingerprint density at radius 1 is 1.58 bits per heavy atom. The highest BCUT2D eigenvalue weighted by Gasteiger charge is 2.04. The van der Waals surface area contributed by atoms with Crippen LogP contribution >= 0.6 is 11.6 Å². The smallest absolute Gasteiger partial charge is 0.129 e. The van der Waals surface area contributed by atoms with Crippen LogP contribution in [0.4, 0.5) is 0 Å². The van der Waals surface area contributed by atoms with Crippen LogP contribution in [-0.4, -0.2) is 15.3 Å². The third kappa shape index (κ3) is 2.78. The average molecular weight is 185 g/mol. The second-order valence-electron chi connectivity index (χ2n) is 2.82. The van der Waals surface area contributed by atoms with Gasteiger partial charge < -0.3 is 0 Å². The quantitative estimate of drug-likeness (QED) is 0.674. The predicted octanol–water partition coefficient (Wildman–Crippen LogP) is 2.34. The molecule has 1 atom stereocenters. The highest BCUT2D eigenvalue weighted by atomic mass is 35.5. The Balaban J connectivity index is 2.63. The van der Waals surface area contributed by atoms with Crippen molar-refractivity contribution in [3.05, 3.63) is 23.8 Å². The summed E-state index contributed by atoms with van der Waals surface area (Å²) in [5.41, 5.74) is 1.000. The molecule has 0 aliphatic carbocycles. The first-order valence-corrected chi connectivity index (χ1v) is 4.58. The second kappa shape index (κ2) is 4.41. The van der Waals surface area contributed by atoms with Crippen LogP contribution < -0.4 is 0 Å². The van der Waals surface area contributed by atoms with Gasteiger partial charge in [-0.2, -0.15) is 0 Å². The zero-order chi connectivity index (χ0) is 8.97. The zero-order valence-electron chi connectivity index (χ0n) is 7.42. The third-order valence-corrected chi connectivity index (χ3v) is 2.15. The van der Waals surface area contributed by atoms with Gasteiger partial charge in [-0.05, 0) is 19.4 Å². The molecule has 0 saturated carbocycles. The second-order valence-corrected chi connectivity index (χ2v) is 3.44. The number of rotatable bonds is 3. The van der Waals surface area contributed by atoms with Gasteiger partial charge in [0.15, 0.2) is 0 Å². The third-order valence-electron chi connectivity index (χ3n) is 1.69. The van der Waals surface area contributed by atoms with Gasteiger partial charge in [-0.25, -0.2) is 9.97 Å². The molecule has 3 heteroatoms. The molecule has 12 heavy (non-hydrogen) atoms. The van der Waals surface area contributed by atoms with E-state index in [0.29, 0.717) is 0 Å². The lowest BCUT2D eigenvalue weighted by Gasteiger charge is -2.04. The summed E-state index contributed by atoms with van der Waals surface area (Å²) in [7, 11) is 0. The number of hydrogen-bond donors (Lipinski definition) is 0. The van der Waals surface area contributed by atoms with Crippen molar-refractivity contribution in [2.75, 3.05) is 0 Å². The molecular formula is C9H13ClN2. The van der Waals surface area contributed by atoms with Crippen LogP contribution in [0.1, 0.15) is 24.9 Å². The first-order chi connectivity index (χ1) is 5.72. The molecule has 66 valence electrons.